The zero-order valence-corrected chi connectivity index (χ0v) is 17.7. The standard InChI is InChI=1S/C20H19N5O5S/c1-23-17-16(18(26)24(2)20(23)28)25(11-21-17)7-8-29-19(27)13-3-5-15(6-4-13)30-9-14-10-31-12-22-14/h3-6,10-12H,7-9H2,1-2H3. The summed E-state index contributed by atoms with van der Waals surface area (Å²) in [5.41, 5.74) is 2.63. The lowest BCUT2D eigenvalue weighted by atomic mass is 10.2. The number of aryl methyl sites for hydroxylation is 1. The first-order valence-electron chi connectivity index (χ1n) is 9.33. The van der Waals surface area contributed by atoms with E-state index in [-0.39, 0.29) is 24.3 Å². The Kier molecular flexibility index (Phi) is 5.67. The minimum atomic E-state index is -0.490. The van der Waals surface area contributed by atoms with Gasteiger partial charge in [0.05, 0.1) is 29.6 Å². The van der Waals surface area contributed by atoms with Crippen molar-refractivity contribution in [1.29, 1.82) is 0 Å². The molecule has 0 aliphatic rings. The maximum atomic E-state index is 12.4. The third-order valence-electron chi connectivity index (χ3n) is 4.74. The SMILES string of the molecule is Cn1c(=O)c2c(ncn2CCOC(=O)c2ccc(OCc3cscn3)cc2)n(C)c1=O. The van der Waals surface area contributed by atoms with Crippen molar-refractivity contribution in [3.8, 4) is 5.75 Å². The Morgan fingerprint density at radius 1 is 1.10 bits per heavy atom. The zero-order chi connectivity index (χ0) is 22.0. The molecule has 1 aromatic carbocycles. The van der Waals surface area contributed by atoms with Gasteiger partial charge in [-0.2, -0.15) is 0 Å². The second-order valence-corrected chi connectivity index (χ2v) is 7.46. The van der Waals surface area contributed by atoms with E-state index in [1.165, 1.54) is 29.3 Å². The lowest BCUT2D eigenvalue weighted by molar-refractivity contribution is 0.0492. The maximum Gasteiger partial charge on any atom is 0.338 e. The van der Waals surface area contributed by atoms with Gasteiger partial charge in [0.2, 0.25) is 0 Å². The molecule has 0 aliphatic heterocycles. The van der Waals surface area contributed by atoms with Gasteiger partial charge in [0.15, 0.2) is 11.2 Å². The molecule has 3 aromatic heterocycles. The maximum absolute atomic E-state index is 12.4. The topological polar surface area (TPSA) is 110 Å². The highest BCUT2D eigenvalue weighted by Crippen LogP contribution is 2.15. The molecule has 4 aromatic rings. The minimum Gasteiger partial charge on any atom is -0.487 e. The molecule has 31 heavy (non-hydrogen) atoms. The van der Waals surface area contributed by atoms with Crippen LogP contribution in [0.5, 0.6) is 5.75 Å². The zero-order valence-electron chi connectivity index (χ0n) is 16.8. The highest BCUT2D eigenvalue weighted by Gasteiger charge is 2.15. The molecular formula is C20H19N5O5S. The number of carbonyl (C=O) groups excluding carboxylic acids is 1. The largest absolute Gasteiger partial charge is 0.487 e. The minimum absolute atomic E-state index is 0.0400. The Morgan fingerprint density at radius 3 is 2.58 bits per heavy atom. The smallest absolute Gasteiger partial charge is 0.338 e. The number of rotatable bonds is 7. The predicted octanol–water partition coefficient (Wildman–Crippen LogP) is 1.33. The number of benzene rings is 1. The van der Waals surface area contributed by atoms with Gasteiger partial charge in [0, 0.05) is 19.5 Å². The van der Waals surface area contributed by atoms with E-state index in [2.05, 4.69) is 9.97 Å². The Balaban J connectivity index is 1.37. The Hall–Kier alpha value is -3.73. The van der Waals surface area contributed by atoms with E-state index in [9.17, 15) is 14.4 Å². The lowest BCUT2D eigenvalue weighted by Crippen LogP contribution is -2.37. The highest BCUT2D eigenvalue weighted by molar-refractivity contribution is 7.07. The molecule has 0 spiro atoms. The summed E-state index contributed by atoms with van der Waals surface area (Å²) in [6, 6.07) is 6.63. The molecule has 0 saturated carbocycles. The van der Waals surface area contributed by atoms with Gasteiger partial charge in [-0.15, -0.1) is 11.3 Å². The molecule has 160 valence electrons. The van der Waals surface area contributed by atoms with Gasteiger partial charge in [-0.25, -0.2) is 19.6 Å². The van der Waals surface area contributed by atoms with Crippen LogP contribution < -0.4 is 16.0 Å². The van der Waals surface area contributed by atoms with Gasteiger partial charge in [0.25, 0.3) is 5.56 Å². The van der Waals surface area contributed by atoms with Gasteiger partial charge in [-0.3, -0.25) is 13.9 Å². The van der Waals surface area contributed by atoms with Crippen LogP contribution in [-0.2, 0) is 32.0 Å². The molecule has 0 aliphatic carbocycles. The summed E-state index contributed by atoms with van der Waals surface area (Å²) in [7, 11) is 2.96. The van der Waals surface area contributed by atoms with E-state index in [1.54, 1.807) is 41.4 Å². The van der Waals surface area contributed by atoms with Gasteiger partial charge in [0.1, 0.15) is 19.0 Å². The normalized spacial score (nSPS) is 11.0. The first kappa shape index (κ1) is 20.5. The van der Waals surface area contributed by atoms with Crippen LogP contribution in [0.25, 0.3) is 11.2 Å². The van der Waals surface area contributed by atoms with Crippen LogP contribution in [-0.4, -0.2) is 36.2 Å². The van der Waals surface area contributed by atoms with E-state index in [0.717, 1.165) is 10.3 Å². The summed E-state index contributed by atoms with van der Waals surface area (Å²) in [4.78, 5) is 45.0. The lowest BCUT2D eigenvalue weighted by Gasteiger charge is -2.08. The molecule has 0 atom stereocenters. The van der Waals surface area contributed by atoms with Gasteiger partial charge >= 0.3 is 11.7 Å². The molecular weight excluding hydrogens is 422 g/mol. The molecule has 0 amide bonds. The Morgan fingerprint density at radius 2 is 1.87 bits per heavy atom. The second-order valence-electron chi connectivity index (χ2n) is 6.74. The molecule has 4 rings (SSSR count). The van der Waals surface area contributed by atoms with Gasteiger partial charge < -0.3 is 14.0 Å². The third kappa shape index (κ3) is 4.12. The molecule has 0 bridgehead atoms. The number of esters is 1. The van der Waals surface area contributed by atoms with Crippen LogP contribution in [0.2, 0.25) is 0 Å². The number of ether oxygens (including phenoxy) is 2. The molecule has 0 fully saturated rings. The predicted molar refractivity (Wildman–Crippen MR) is 113 cm³/mol. The van der Waals surface area contributed by atoms with Crippen LogP contribution in [0, 0.1) is 0 Å². The number of nitrogens with zero attached hydrogens (tertiary/aromatic N) is 5. The fraction of sp³-hybridized carbons (Fsp3) is 0.250. The fourth-order valence-electron chi connectivity index (χ4n) is 3.04. The quantitative estimate of drug-likeness (QED) is 0.398. The second kappa shape index (κ2) is 8.56. The van der Waals surface area contributed by atoms with Crippen molar-refractivity contribution in [3.63, 3.8) is 0 Å². The van der Waals surface area contributed by atoms with Crippen molar-refractivity contribution < 1.29 is 14.3 Å². The van der Waals surface area contributed by atoms with Crippen molar-refractivity contribution in [2.45, 2.75) is 13.2 Å². The molecule has 3 heterocycles. The van der Waals surface area contributed by atoms with Crippen molar-refractivity contribution >= 4 is 28.5 Å². The summed E-state index contributed by atoms with van der Waals surface area (Å²) in [6.45, 7) is 0.625. The number of hydrogen-bond acceptors (Lipinski definition) is 8. The monoisotopic (exact) mass is 441 g/mol. The van der Waals surface area contributed by atoms with Crippen LogP contribution in [0.4, 0.5) is 0 Å². The number of imidazole rings is 1. The summed E-state index contributed by atoms with van der Waals surface area (Å²) in [6.07, 6.45) is 1.45. The average Bonchev–Trinajstić information content (AvgIpc) is 3.45. The Bertz CT molecular complexity index is 1340. The van der Waals surface area contributed by atoms with Crippen LogP contribution in [0.15, 0.2) is 51.1 Å². The first-order valence-corrected chi connectivity index (χ1v) is 10.3. The van der Waals surface area contributed by atoms with Crippen LogP contribution in [0.3, 0.4) is 0 Å². The van der Waals surface area contributed by atoms with E-state index in [1.807, 2.05) is 5.38 Å². The molecule has 10 nitrogen and oxygen atoms in total. The van der Waals surface area contributed by atoms with E-state index < -0.39 is 17.2 Å². The molecule has 11 heteroatoms. The molecule has 0 unspecified atom stereocenters. The number of carbonyl (C=O) groups is 1. The van der Waals surface area contributed by atoms with Crippen molar-refractivity contribution in [2.24, 2.45) is 14.1 Å². The number of fused-ring (bicyclic) bond motifs is 1. The summed E-state index contributed by atoms with van der Waals surface area (Å²) < 4.78 is 14.8. The highest BCUT2D eigenvalue weighted by atomic mass is 32.1. The van der Waals surface area contributed by atoms with E-state index in [0.29, 0.717) is 17.9 Å². The number of thiazole rings is 1. The molecule has 0 radical (unpaired) electrons. The summed E-state index contributed by atoms with van der Waals surface area (Å²) in [5.74, 6) is 0.131. The average molecular weight is 441 g/mol. The van der Waals surface area contributed by atoms with Crippen LogP contribution in [0.1, 0.15) is 16.1 Å². The molecule has 0 saturated heterocycles. The number of aromatic nitrogens is 5. The fourth-order valence-corrected chi connectivity index (χ4v) is 3.58. The summed E-state index contributed by atoms with van der Waals surface area (Å²) in [5, 5.41) is 1.91. The van der Waals surface area contributed by atoms with Gasteiger partial charge in [-0.1, -0.05) is 0 Å². The van der Waals surface area contributed by atoms with Gasteiger partial charge in [-0.05, 0) is 24.3 Å². The van der Waals surface area contributed by atoms with Crippen molar-refractivity contribution in [3.05, 3.63) is 73.6 Å². The third-order valence-corrected chi connectivity index (χ3v) is 5.38. The van der Waals surface area contributed by atoms with E-state index in [4.69, 9.17) is 9.47 Å². The van der Waals surface area contributed by atoms with Crippen LogP contribution >= 0.6 is 11.3 Å². The van der Waals surface area contributed by atoms with Crippen molar-refractivity contribution in [2.75, 3.05) is 6.61 Å². The Labute approximate surface area is 179 Å². The summed E-state index contributed by atoms with van der Waals surface area (Å²) >= 11 is 1.50. The first-order chi connectivity index (χ1) is 15.0. The molecule has 0 N–H and O–H groups in total. The van der Waals surface area contributed by atoms with Crippen molar-refractivity contribution in [1.82, 2.24) is 23.7 Å². The number of hydrogen-bond donors (Lipinski definition) is 0. The van der Waals surface area contributed by atoms with E-state index >= 15 is 0 Å².